The second-order valence-electron chi connectivity index (χ2n) is 6.75. The number of morpholine rings is 1. The highest BCUT2D eigenvalue weighted by molar-refractivity contribution is 5.99. The van der Waals surface area contributed by atoms with Crippen LogP contribution in [0.2, 0.25) is 0 Å². The Hall–Kier alpha value is -2.50. The second-order valence-corrected chi connectivity index (χ2v) is 6.75. The van der Waals surface area contributed by atoms with Gasteiger partial charge in [0, 0.05) is 61.1 Å². The van der Waals surface area contributed by atoms with E-state index in [4.69, 9.17) is 4.74 Å². The quantitative estimate of drug-likeness (QED) is 0.694. The molecule has 5 heteroatoms. The summed E-state index contributed by atoms with van der Waals surface area (Å²) in [6, 6.07) is 9.90. The van der Waals surface area contributed by atoms with Gasteiger partial charge in [0.2, 0.25) is 0 Å². The number of fused-ring (bicyclic) bond motifs is 1. The number of Topliss-reactive ketones (excluding diaryl/α,β-unsaturated/α-hetero) is 1. The van der Waals surface area contributed by atoms with Crippen LogP contribution in [0.3, 0.4) is 0 Å². The lowest BCUT2D eigenvalue weighted by Gasteiger charge is -2.26. The Labute approximate surface area is 153 Å². The Morgan fingerprint density at radius 2 is 2.12 bits per heavy atom. The highest BCUT2D eigenvalue weighted by Crippen LogP contribution is 2.22. The van der Waals surface area contributed by atoms with E-state index in [9.17, 15) is 4.79 Å². The van der Waals surface area contributed by atoms with Crippen LogP contribution in [-0.2, 0) is 17.7 Å². The summed E-state index contributed by atoms with van der Waals surface area (Å²) in [5.41, 5.74) is 4.16. The molecule has 4 rings (SSSR count). The third-order valence-electron chi connectivity index (χ3n) is 4.95. The fourth-order valence-electron chi connectivity index (χ4n) is 3.44. The summed E-state index contributed by atoms with van der Waals surface area (Å²) in [4.78, 5) is 22.4. The molecule has 1 fully saturated rings. The fraction of sp³-hybridized carbons (Fsp3) is 0.333. The summed E-state index contributed by atoms with van der Waals surface area (Å²) in [5.74, 6) is 0.167. The third-order valence-corrected chi connectivity index (χ3v) is 4.95. The maximum absolute atomic E-state index is 12.5. The Kier molecular flexibility index (Phi) is 5.09. The van der Waals surface area contributed by atoms with Crippen molar-refractivity contribution in [3.05, 3.63) is 65.6 Å². The SMILES string of the molecule is O=C(CCc1cccnc1)c1ccc2c(CN3CCOCC3)c[nH]c2c1. The molecule has 2 aromatic heterocycles. The van der Waals surface area contributed by atoms with E-state index < -0.39 is 0 Å². The summed E-state index contributed by atoms with van der Waals surface area (Å²) in [6.07, 6.45) is 6.85. The lowest BCUT2D eigenvalue weighted by Crippen LogP contribution is -2.35. The Balaban J connectivity index is 1.44. The van der Waals surface area contributed by atoms with Crippen LogP contribution in [0.4, 0.5) is 0 Å². The Bertz CT molecular complexity index is 883. The number of aromatic amines is 1. The van der Waals surface area contributed by atoms with Gasteiger partial charge in [0.25, 0.3) is 0 Å². The van der Waals surface area contributed by atoms with Crippen molar-refractivity contribution < 1.29 is 9.53 Å². The van der Waals surface area contributed by atoms with Crippen LogP contribution in [0.5, 0.6) is 0 Å². The van der Waals surface area contributed by atoms with Gasteiger partial charge in [0.1, 0.15) is 0 Å². The highest BCUT2D eigenvalue weighted by Gasteiger charge is 2.14. The van der Waals surface area contributed by atoms with Gasteiger partial charge in [-0.1, -0.05) is 18.2 Å². The van der Waals surface area contributed by atoms with E-state index in [1.165, 1.54) is 10.9 Å². The molecular formula is C21H23N3O2. The maximum Gasteiger partial charge on any atom is 0.163 e. The van der Waals surface area contributed by atoms with Crippen molar-refractivity contribution in [3.63, 3.8) is 0 Å². The van der Waals surface area contributed by atoms with Crippen LogP contribution in [0.25, 0.3) is 10.9 Å². The zero-order chi connectivity index (χ0) is 17.8. The van der Waals surface area contributed by atoms with Crippen LogP contribution in [0, 0.1) is 0 Å². The van der Waals surface area contributed by atoms with Crippen molar-refractivity contribution in [1.82, 2.24) is 14.9 Å². The number of H-pyrrole nitrogens is 1. The standard InChI is InChI=1S/C21H23N3O2/c25-21(6-3-16-2-1-7-22-13-16)17-4-5-19-18(14-23-20(19)12-17)15-24-8-10-26-11-9-24/h1-2,4-5,7,12-14,23H,3,6,8-11,15H2. The maximum atomic E-state index is 12.5. The molecule has 134 valence electrons. The van der Waals surface area contributed by atoms with Gasteiger partial charge >= 0.3 is 0 Å². The monoisotopic (exact) mass is 349 g/mol. The van der Waals surface area contributed by atoms with E-state index in [1.54, 1.807) is 6.20 Å². The van der Waals surface area contributed by atoms with E-state index in [1.807, 2.05) is 30.5 Å². The number of aryl methyl sites for hydroxylation is 1. The predicted molar refractivity (Wildman–Crippen MR) is 101 cm³/mol. The van der Waals surface area contributed by atoms with E-state index in [0.29, 0.717) is 6.42 Å². The first-order valence-corrected chi connectivity index (χ1v) is 9.12. The molecule has 1 aliphatic heterocycles. The van der Waals surface area contributed by atoms with Gasteiger partial charge in [-0.25, -0.2) is 0 Å². The fourth-order valence-corrected chi connectivity index (χ4v) is 3.44. The van der Waals surface area contributed by atoms with Crippen LogP contribution < -0.4 is 0 Å². The minimum absolute atomic E-state index is 0.167. The predicted octanol–water partition coefficient (Wildman–Crippen LogP) is 3.21. The van der Waals surface area contributed by atoms with Gasteiger partial charge in [-0.15, -0.1) is 0 Å². The first-order chi connectivity index (χ1) is 12.8. The van der Waals surface area contributed by atoms with Gasteiger partial charge in [-0.05, 0) is 29.7 Å². The average Bonchev–Trinajstić information content (AvgIpc) is 3.10. The number of ether oxygens (including phenoxy) is 1. The first kappa shape index (κ1) is 16.9. The van der Waals surface area contributed by atoms with Crippen LogP contribution >= 0.6 is 0 Å². The molecule has 0 spiro atoms. The number of hydrogen-bond donors (Lipinski definition) is 1. The Morgan fingerprint density at radius 3 is 2.92 bits per heavy atom. The van der Waals surface area contributed by atoms with Gasteiger partial charge in [0.15, 0.2) is 5.78 Å². The number of nitrogens with one attached hydrogen (secondary N) is 1. The van der Waals surface area contributed by atoms with Gasteiger partial charge in [-0.3, -0.25) is 14.7 Å². The Morgan fingerprint density at radius 1 is 1.23 bits per heavy atom. The lowest BCUT2D eigenvalue weighted by molar-refractivity contribution is 0.0343. The number of pyridine rings is 1. The van der Waals surface area contributed by atoms with Gasteiger partial charge in [-0.2, -0.15) is 0 Å². The zero-order valence-corrected chi connectivity index (χ0v) is 14.8. The zero-order valence-electron chi connectivity index (χ0n) is 14.8. The number of nitrogens with zero attached hydrogens (tertiary/aromatic N) is 2. The summed E-state index contributed by atoms with van der Waals surface area (Å²) in [5, 5.41) is 1.19. The molecule has 3 heterocycles. The minimum atomic E-state index is 0.167. The summed E-state index contributed by atoms with van der Waals surface area (Å²) in [7, 11) is 0. The van der Waals surface area contributed by atoms with Crippen LogP contribution in [0.15, 0.2) is 48.9 Å². The molecule has 0 amide bonds. The first-order valence-electron chi connectivity index (χ1n) is 9.12. The third kappa shape index (κ3) is 3.84. The van der Waals surface area contributed by atoms with Gasteiger partial charge in [0.05, 0.1) is 13.2 Å². The van der Waals surface area contributed by atoms with Gasteiger partial charge < -0.3 is 9.72 Å². The van der Waals surface area contributed by atoms with E-state index in [-0.39, 0.29) is 5.78 Å². The largest absolute Gasteiger partial charge is 0.379 e. The molecule has 1 aromatic carbocycles. The molecule has 1 aliphatic rings. The van der Waals surface area contributed by atoms with Crippen molar-refractivity contribution in [2.75, 3.05) is 26.3 Å². The van der Waals surface area contributed by atoms with E-state index in [2.05, 4.69) is 27.1 Å². The summed E-state index contributed by atoms with van der Waals surface area (Å²) >= 11 is 0. The number of rotatable bonds is 6. The smallest absolute Gasteiger partial charge is 0.163 e. The van der Waals surface area contributed by atoms with Crippen molar-refractivity contribution in [2.45, 2.75) is 19.4 Å². The number of carbonyl (C=O) groups excluding carboxylic acids is 1. The second kappa shape index (κ2) is 7.81. The van der Waals surface area contributed by atoms with Crippen LogP contribution in [-0.4, -0.2) is 47.0 Å². The van der Waals surface area contributed by atoms with Crippen molar-refractivity contribution in [1.29, 1.82) is 0 Å². The number of aromatic nitrogens is 2. The molecule has 0 saturated carbocycles. The van der Waals surface area contributed by atoms with Crippen LogP contribution in [0.1, 0.15) is 27.9 Å². The van der Waals surface area contributed by atoms with Crippen molar-refractivity contribution in [3.8, 4) is 0 Å². The molecule has 0 radical (unpaired) electrons. The molecule has 26 heavy (non-hydrogen) atoms. The topological polar surface area (TPSA) is 58.2 Å². The van der Waals surface area contributed by atoms with Crippen molar-refractivity contribution >= 4 is 16.7 Å². The molecule has 0 unspecified atom stereocenters. The normalized spacial score (nSPS) is 15.4. The molecule has 0 bridgehead atoms. The number of hydrogen-bond acceptors (Lipinski definition) is 4. The highest BCUT2D eigenvalue weighted by atomic mass is 16.5. The summed E-state index contributed by atoms with van der Waals surface area (Å²) < 4.78 is 5.41. The number of benzene rings is 1. The van der Waals surface area contributed by atoms with Crippen molar-refractivity contribution in [2.24, 2.45) is 0 Å². The molecule has 0 aliphatic carbocycles. The lowest BCUT2D eigenvalue weighted by atomic mass is 10.0. The van der Waals surface area contributed by atoms with E-state index >= 15 is 0 Å². The molecule has 1 N–H and O–H groups in total. The molecule has 3 aromatic rings. The van der Waals surface area contributed by atoms with E-state index in [0.717, 1.165) is 55.9 Å². The average molecular weight is 349 g/mol. The molecular weight excluding hydrogens is 326 g/mol. The molecule has 1 saturated heterocycles. The minimum Gasteiger partial charge on any atom is -0.379 e. The number of carbonyl (C=O) groups is 1. The number of ketones is 1. The summed E-state index contributed by atoms with van der Waals surface area (Å²) in [6.45, 7) is 4.46. The molecule has 0 atom stereocenters. The molecule has 5 nitrogen and oxygen atoms in total.